The first-order valence-electron chi connectivity index (χ1n) is 6.96. The molecule has 1 aliphatic rings. The molecule has 0 spiro atoms. The van der Waals surface area contributed by atoms with Gasteiger partial charge in [-0.25, -0.2) is 4.98 Å². The maximum Gasteiger partial charge on any atom is 0.208 e. The van der Waals surface area contributed by atoms with Crippen LogP contribution in [-0.2, 0) is 4.74 Å². The van der Waals surface area contributed by atoms with E-state index in [0.717, 1.165) is 19.4 Å². The summed E-state index contributed by atoms with van der Waals surface area (Å²) in [6, 6.07) is 0.632. The molecule has 1 atom stereocenters. The van der Waals surface area contributed by atoms with Crippen LogP contribution in [-0.4, -0.2) is 41.6 Å². The van der Waals surface area contributed by atoms with Crippen LogP contribution in [0.4, 0.5) is 0 Å². The molecule has 1 aromatic rings. The van der Waals surface area contributed by atoms with Crippen molar-refractivity contribution < 1.29 is 9.53 Å². The zero-order valence-corrected chi connectivity index (χ0v) is 11.2. The summed E-state index contributed by atoms with van der Waals surface area (Å²) in [5.74, 6) is -0.108. The summed E-state index contributed by atoms with van der Waals surface area (Å²) < 4.78 is 5.40. The van der Waals surface area contributed by atoms with E-state index in [1.54, 1.807) is 6.20 Å². The average Bonchev–Trinajstić information content (AvgIpc) is 2.49. The minimum absolute atomic E-state index is 0.0940. The van der Waals surface area contributed by atoms with Crippen molar-refractivity contribution in [3.8, 4) is 0 Å². The number of hydrogen-bond acceptors (Lipinski definition) is 5. The van der Waals surface area contributed by atoms with Crippen molar-refractivity contribution in [3.05, 3.63) is 24.3 Å². The maximum atomic E-state index is 11.7. The van der Waals surface area contributed by atoms with E-state index in [1.165, 1.54) is 31.7 Å². The third-order valence-electron chi connectivity index (χ3n) is 3.34. The number of carbonyl (C=O) groups is 1. The van der Waals surface area contributed by atoms with Crippen molar-refractivity contribution in [1.29, 1.82) is 0 Å². The lowest BCUT2D eigenvalue weighted by atomic mass is 10.0. The third kappa shape index (κ3) is 5.04. The van der Waals surface area contributed by atoms with Crippen LogP contribution >= 0.6 is 0 Å². The Morgan fingerprint density at radius 3 is 3.11 bits per heavy atom. The van der Waals surface area contributed by atoms with Crippen LogP contribution in [0.2, 0.25) is 0 Å². The highest BCUT2D eigenvalue weighted by Crippen LogP contribution is 2.11. The van der Waals surface area contributed by atoms with Gasteiger partial charge in [-0.3, -0.25) is 9.78 Å². The zero-order valence-electron chi connectivity index (χ0n) is 11.2. The highest BCUT2D eigenvalue weighted by Gasteiger charge is 2.12. The highest BCUT2D eigenvalue weighted by molar-refractivity contribution is 5.94. The first kappa shape index (κ1) is 14.1. The van der Waals surface area contributed by atoms with Crippen molar-refractivity contribution in [2.45, 2.75) is 38.1 Å². The molecule has 1 aromatic heterocycles. The molecular weight excluding hydrogens is 242 g/mol. The number of nitrogens with one attached hydrogen (secondary N) is 1. The lowest BCUT2D eigenvalue weighted by molar-refractivity contribution is 0.0743. The minimum atomic E-state index is -0.108. The van der Waals surface area contributed by atoms with Crippen molar-refractivity contribution in [1.82, 2.24) is 15.3 Å². The molecule has 1 unspecified atom stereocenters. The molecule has 0 amide bonds. The second-order valence-corrected chi connectivity index (χ2v) is 4.86. The first-order valence-corrected chi connectivity index (χ1v) is 6.96. The van der Waals surface area contributed by atoms with Gasteiger partial charge in [0, 0.05) is 25.0 Å². The SMILES string of the molecule is O=C(COCCCC1CCCCN1)c1cnccn1. The molecule has 0 bridgehead atoms. The number of rotatable bonds is 7. The van der Waals surface area contributed by atoms with Gasteiger partial charge < -0.3 is 10.1 Å². The molecule has 1 N–H and O–H groups in total. The molecule has 19 heavy (non-hydrogen) atoms. The fraction of sp³-hybridized carbons (Fsp3) is 0.643. The Hall–Kier alpha value is -1.33. The van der Waals surface area contributed by atoms with Gasteiger partial charge in [0.1, 0.15) is 12.3 Å². The number of ketones is 1. The van der Waals surface area contributed by atoms with Gasteiger partial charge in [-0.1, -0.05) is 6.42 Å². The van der Waals surface area contributed by atoms with E-state index in [-0.39, 0.29) is 12.4 Å². The quantitative estimate of drug-likeness (QED) is 0.598. The van der Waals surface area contributed by atoms with E-state index in [0.29, 0.717) is 18.3 Å². The van der Waals surface area contributed by atoms with E-state index >= 15 is 0 Å². The zero-order chi connectivity index (χ0) is 13.3. The van der Waals surface area contributed by atoms with Crippen molar-refractivity contribution in [2.24, 2.45) is 0 Å². The monoisotopic (exact) mass is 263 g/mol. The van der Waals surface area contributed by atoms with Crippen molar-refractivity contribution >= 4 is 5.78 Å². The summed E-state index contributed by atoms with van der Waals surface area (Å²) in [5.41, 5.74) is 0.372. The lowest BCUT2D eigenvalue weighted by Gasteiger charge is -2.23. The topological polar surface area (TPSA) is 64.1 Å². The summed E-state index contributed by atoms with van der Waals surface area (Å²) in [6.07, 6.45) is 10.5. The van der Waals surface area contributed by atoms with Crippen molar-refractivity contribution in [2.75, 3.05) is 19.8 Å². The van der Waals surface area contributed by atoms with Gasteiger partial charge >= 0.3 is 0 Å². The maximum absolute atomic E-state index is 11.7. The Bertz CT molecular complexity index is 378. The van der Waals surface area contributed by atoms with Crippen LogP contribution in [0.25, 0.3) is 0 Å². The van der Waals surface area contributed by atoms with Gasteiger partial charge in [0.15, 0.2) is 0 Å². The summed E-state index contributed by atoms with van der Waals surface area (Å²) in [5, 5.41) is 3.50. The van der Waals surface area contributed by atoms with E-state index in [2.05, 4.69) is 15.3 Å². The second-order valence-electron chi connectivity index (χ2n) is 4.86. The number of nitrogens with zero attached hydrogens (tertiary/aromatic N) is 2. The van der Waals surface area contributed by atoms with Gasteiger partial charge in [0.2, 0.25) is 5.78 Å². The predicted octanol–water partition coefficient (Wildman–Crippen LogP) is 1.60. The molecule has 0 radical (unpaired) electrons. The van der Waals surface area contributed by atoms with Gasteiger partial charge in [-0.15, -0.1) is 0 Å². The average molecular weight is 263 g/mol. The third-order valence-corrected chi connectivity index (χ3v) is 3.34. The molecule has 2 heterocycles. The second kappa shape index (κ2) is 7.96. The van der Waals surface area contributed by atoms with Gasteiger partial charge in [-0.2, -0.15) is 0 Å². The number of ether oxygens (including phenoxy) is 1. The first-order chi connectivity index (χ1) is 9.36. The largest absolute Gasteiger partial charge is 0.373 e. The Labute approximate surface area is 113 Å². The van der Waals surface area contributed by atoms with Gasteiger partial charge in [-0.05, 0) is 32.2 Å². The number of piperidine rings is 1. The predicted molar refractivity (Wildman–Crippen MR) is 72.1 cm³/mol. The van der Waals surface area contributed by atoms with Crippen molar-refractivity contribution in [3.63, 3.8) is 0 Å². The normalized spacial score (nSPS) is 19.3. The van der Waals surface area contributed by atoms with Crippen LogP contribution in [0.3, 0.4) is 0 Å². The summed E-state index contributed by atoms with van der Waals surface area (Å²) in [7, 11) is 0. The number of carbonyl (C=O) groups excluding carboxylic acids is 1. The van der Waals surface area contributed by atoms with Gasteiger partial charge in [0.05, 0.1) is 6.20 Å². The lowest BCUT2D eigenvalue weighted by Crippen LogP contribution is -2.34. The molecular formula is C14H21N3O2. The molecule has 0 aromatic carbocycles. The molecule has 2 rings (SSSR count). The summed E-state index contributed by atoms with van der Waals surface area (Å²) >= 11 is 0. The van der Waals surface area contributed by atoms with Crippen LogP contribution < -0.4 is 5.32 Å². The van der Waals surface area contributed by atoms with E-state index in [9.17, 15) is 4.79 Å². The molecule has 0 saturated carbocycles. The Morgan fingerprint density at radius 2 is 2.37 bits per heavy atom. The molecule has 104 valence electrons. The molecule has 0 aliphatic carbocycles. The van der Waals surface area contributed by atoms with Gasteiger partial charge in [0.25, 0.3) is 0 Å². The van der Waals surface area contributed by atoms with Crippen LogP contribution in [0.15, 0.2) is 18.6 Å². The molecule has 1 fully saturated rings. The molecule has 5 heteroatoms. The minimum Gasteiger partial charge on any atom is -0.373 e. The standard InChI is InChI=1S/C14H21N3O2/c18-14(13-10-15-7-8-17-13)11-19-9-3-5-12-4-1-2-6-16-12/h7-8,10,12,16H,1-6,9,11H2. The fourth-order valence-electron chi connectivity index (χ4n) is 2.28. The Balaban J connectivity index is 1.55. The highest BCUT2D eigenvalue weighted by atomic mass is 16.5. The van der Waals surface area contributed by atoms with E-state index in [4.69, 9.17) is 4.74 Å². The number of hydrogen-bond donors (Lipinski definition) is 1. The van der Waals surface area contributed by atoms with Crippen LogP contribution in [0, 0.1) is 0 Å². The van der Waals surface area contributed by atoms with E-state index < -0.39 is 0 Å². The van der Waals surface area contributed by atoms with Crippen LogP contribution in [0.5, 0.6) is 0 Å². The molecule has 1 saturated heterocycles. The van der Waals surface area contributed by atoms with Crippen LogP contribution in [0.1, 0.15) is 42.6 Å². The summed E-state index contributed by atoms with van der Waals surface area (Å²) in [6.45, 7) is 1.86. The summed E-state index contributed by atoms with van der Waals surface area (Å²) in [4.78, 5) is 19.5. The van der Waals surface area contributed by atoms with E-state index in [1.807, 2.05) is 0 Å². The number of Topliss-reactive ketones (excluding diaryl/α,β-unsaturated/α-hetero) is 1. The molecule has 5 nitrogen and oxygen atoms in total. The fourth-order valence-corrected chi connectivity index (χ4v) is 2.28. The Kier molecular flexibility index (Phi) is 5.91. The smallest absolute Gasteiger partial charge is 0.208 e. The number of aromatic nitrogens is 2. The molecule has 1 aliphatic heterocycles. The Morgan fingerprint density at radius 1 is 1.42 bits per heavy atom.